The zero-order valence-corrected chi connectivity index (χ0v) is 15.9. The number of hydrogen-bond donors (Lipinski definition) is 0. The highest BCUT2D eigenvalue weighted by Crippen LogP contribution is 2.35. The van der Waals surface area contributed by atoms with Gasteiger partial charge in [-0.3, -0.25) is 14.9 Å². The lowest BCUT2D eigenvalue weighted by molar-refractivity contribution is -0.384. The number of esters is 1. The van der Waals surface area contributed by atoms with Crippen molar-refractivity contribution in [2.24, 2.45) is 0 Å². The molecule has 0 saturated heterocycles. The number of nitrogens with zero attached hydrogens (tertiary/aromatic N) is 1. The molecule has 7 nitrogen and oxygen atoms in total. The molecule has 3 aromatic rings. The van der Waals surface area contributed by atoms with Gasteiger partial charge in [-0.05, 0) is 42.1 Å². The fourth-order valence-corrected chi connectivity index (χ4v) is 3.64. The Bertz CT molecular complexity index is 1190. The molecule has 0 N–H and O–H groups in total. The topological polar surface area (TPSA) is 95.7 Å². The highest BCUT2D eigenvalue weighted by Gasteiger charge is 2.28. The average molecular weight is 407 g/mol. The lowest BCUT2D eigenvalue weighted by Crippen LogP contribution is -2.08. The molecular formula is C21H13NO6S. The minimum absolute atomic E-state index is 0.0467. The Labute approximate surface area is 169 Å². The first-order valence-corrected chi connectivity index (χ1v) is 9.39. The van der Waals surface area contributed by atoms with E-state index in [-0.39, 0.29) is 28.5 Å². The third kappa shape index (κ3) is 3.65. The second kappa shape index (κ2) is 7.33. The van der Waals surface area contributed by atoms with E-state index in [0.29, 0.717) is 11.3 Å². The van der Waals surface area contributed by atoms with Crippen LogP contribution in [0.5, 0.6) is 11.5 Å². The molecule has 144 valence electrons. The van der Waals surface area contributed by atoms with E-state index in [1.54, 1.807) is 6.08 Å². The van der Waals surface area contributed by atoms with Gasteiger partial charge in [0.2, 0.25) is 5.78 Å². The van der Waals surface area contributed by atoms with Gasteiger partial charge >= 0.3 is 5.97 Å². The van der Waals surface area contributed by atoms with E-state index in [9.17, 15) is 19.7 Å². The number of rotatable bonds is 4. The summed E-state index contributed by atoms with van der Waals surface area (Å²) in [6.07, 6.45) is 1.69. The standard InChI is InChI=1S/C21H13NO6S/c1-12-7-8-29-19(12)11-18-20(23)16-6-5-15(10-17(16)28-18)27-21(24)13-3-2-4-14(9-13)22(25)26/h2-11H,1H3/b18-11-. The molecule has 0 spiro atoms. The monoisotopic (exact) mass is 407 g/mol. The number of fused-ring (bicyclic) bond motifs is 1. The van der Waals surface area contributed by atoms with E-state index in [4.69, 9.17) is 9.47 Å². The Morgan fingerprint density at radius 2 is 2.03 bits per heavy atom. The average Bonchev–Trinajstić information content (AvgIpc) is 3.25. The van der Waals surface area contributed by atoms with E-state index < -0.39 is 10.9 Å². The van der Waals surface area contributed by atoms with Crippen LogP contribution in [0.4, 0.5) is 5.69 Å². The number of carbonyl (C=O) groups excluding carboxylic acids is 2. The zero-order chi connectivity index (χ0) is 20.5. The molecule has 0 radical (unpaired) electrons. The fraction of sp³-hybridized carbons (Fsp3) is 0.0476. The quantitative estimate of drug-likeness (QED) is 0.203. The third-order valence-corrected chi connectivity index (χ3v) is 5.27. The van der Waals surface area contributed by atoms with Crippen molar-refractivity contribution in [2.75, 3.05) is 0 Å². The van der Waals surface area contributed by atoms with Crippen molar-refractivity contribution >= 4 is 34.9 Å². The van der Waals surface area contributed by atoms with Crippen molar-refractivity contribution < 1.29 is 24.0 Å². The highest BCUT2D eigenvalue weighted by molar-refractivity contribution is 7.11. The van der Waals surface area contributed by atoms with Gasteiger partial charge in [0.1, 0.15) is 11.5 Å². The van der Waals surface area contributed by atoms with Crippen molar-refractivity contribution in [2.45, 2.75) is 6.92 Å². The smallest absolute Gasteiger partial charge is 0.343 e. The molecule has 0 saturated carbocycles. The largest absolute Gasteiger partial charge is 0.452 e. The minimum atomic E-state index is -0.747. The Morgan fingerprint density at radius 3 is 2.76 bits per heavy atom. The van der Waals surface area contributed by atoms with Gasteiger partial charge in [-0.2, -0.15) is 0 Å². The van der Waals surface area contributed by atoms with Crippen LogP contribution in [0.3, 0.4) is 0 Å². The molecule has 0 atom stereocenters. The Balaban J connectivity index is 1.55. The molecule has 8 heteroatoms. The number of ether oxygens (including phenoxy) is 2. The maximum absolute atomic E-state index is 12.5. The molecule has 2 heterocycles. The number of Topliss-reactive ketones (excluding diaryl/α,β-unsaturated/α-hetero) is 1. The number of nitro groups is 1. The van der Waals surface area contributed by atoms with Crippen LogP contribution in [-0.2, 0) is 0 Å². The van der Waals surface area contributed by atoms with Gasteiger partial charge < -0.3 is 9.47 Å². The van der Waals surface area contributed by atoms with Crippen LogP contribution in [-0.4, -0.2) is 16.7 Å². The third-order valence-electron chi connectivity index (χ3n) is 4.31. The summed E-state index contributed by atoms with van der Waals surface area (Å²) in [5, 5.41) is 12.8. The summed E-state index contributed by atoms with van der Waals surface area (Å²) < 4.78 is 10.9. The Hall–Kier alpha value is -3.78. The van der Waals surface area contributed by atoms with Crippen molar-refractivity contribution in [1.29, 1.82) is 0 Å². The predicted molar refractivity (Wildman–Crippen MR) is 106 cm³/mol. The molecular weight excluding hydrogens is 394 g/mol. The normalized spacial score (nSPS) is 13.8. The molecule has 0 amide bonds. The summed E-state index contributed by atoms with van der Waals surface area (Å²) in [7, 11) is 0. The van der Waals surface area contributed by atoms with Crippen LogP contribution < -0.4 is 9.47 Å². The number of thiophene rings is 1. The molecule has 0 unspecified atom stereocenters. The molecule has 4 rings (SSSR count). The van der Waals surface area contributed by atoms with E-state index >= 15 is 0 Å². The lowest BCUT2D eigenvalue weighted by Gasteiger charge is -2.05. The first-order chi connectivity index (χ1) is 13.9. The molecule has 1 aliphatic heterocycles. The summed E-state index contributed by atoms with van der Waals surface area (Å²) in [5.41, 5.74) is 1.26. The molecule has 29 heavy (non-hydrogen) atoms. The number of hydrogen-bond acceptors (Lipinski definition) is 7. The van der Waals surface area contributed by atoms with Crippen molar-refractivity contribution in [3.8, 4) is 11.5 Å². The first-order valence-electron chi connectivity index (χ1n) is 8.51. The second-order valence-corrected chi connectivity index (χ2v) is 7.21. The molecule has 0 bridgehead atoms. The van der Waals surface area contributed by atoms with Gasteiger partial charge in [-0.15, -0.1) is 11.3 Å². The zero-order valence-electron chi connectivity index (χ0n) is 15.1. The van der Waals surface area contributed by atoms with Gasteiger partial charge in [0.25, 0.3) is 5.69 Å². The van der Waals surface area contributed by atoms with E-state index in [1.807, 2.05) is 18.4 Å². The number of aryl methyl sites for hydroxylation is 1. The van der Waals surface area contributed by atoms with Crippen LogP contribution in [0.15, 0.2) is 59.7 Å². The van der Waals surface area contributed by atoms with Gasteiger partial charge in [-0.25, -0.2) is 4.79 Å². The highest BCUT2D eigenvalue weighted by atomic mass is 32.1. The minimum Gasteiger partial charge on any atom is -0.452 e. The molecule has 1 aliphatic rings. The number of nitro benzene ring substituents is 1. The fourth-order valence-electron chi connectivity index (χ4n) is 2.79. The number of allylic oxidation sites excluding steroid dienone is 1. The van der Waals surface area contributed by atoms with Crippen LogP contribution in [0.2, 0.25) is 0 Å². The van der Waals surface area contributed by atoms with Crippen LogP contribution in [0, 0.1) is 17.0 Å². The van der Waals surface area contributed by atoms with Gasteiger partial charge in [0.05, 0.1) is 16.1 Å². The maximum atomic E-state index is 12.5. The lowest BCUT2D eigenvalue weighted by atomic mass is 10.1. The van der Waals surface area contributed by atoms with Crippen LogP contribution in [0.1, 0.15) is 31.2 Å². The van der Waals surface area contributed by atoms with E-state index in [1.165, 1.54) is 47.7 Å². The maximum Gasteiger partial charge on any atom is 0.343 e. The number of non-ortho nitro benzene ring substituents is 1. The number of ketones is 1. The molecule has 2 aromatic carbocycles. The SMILES string of the molecule is Cc1ccsc1/C=C1\Oc2cc(OC(=O)c3cccc([N+](=O)[O-])c3)ccc2C1=O. The summed E-state index contributed by atoms with van der Waals surface area (Å²) in [5.74, 6) is -0.332. The Morgan fingerprint density at radius 1 is 1.21 bits per heavy atom. The Kier molecular flexibility index (Phi) is 4.69. The first kappa shape index (κ1) is 18.6. The van der Waals surface area contributed by atoms with Crippen molar-refractivity contribution in [3.05, 3.63) is 91.4 Å². The van der Waals surface area contributed by atoms with E-state index in [0.717, 1.165) is 16.5 Å². The van der Waals surface area contributed by atoms with E-state index in [2.05, 4.69) is 0 Å². The van der Waals surface area contributed by atoms with Crippen LogP contribution in [0.25, 0.3) is 6.08 Å². The van der Waals surface area contributed by atoms with Gasteiger partial charge in [0.15, 0.2) is 5.76 Å². The number of benzene rings is 2. The second-order valence-electron chi connectivity index (χ2n) is 6.26. The summed E-state index contributed by atoms with van der Waals surface area (Å²) >= 11 is 1.50. The molecule has 0 fully saturated rings. The van der Waals surface area contributed by atoms with Crippen LogP contribution >= 0.6 is 11.3 Å². The van der Waals surface area contributed by atoms with Crippen molar-refractivity contribution in [1.82, 2.24) is 0 Å². The molecule has 1 aromatic heterocycles. The van der Waals surface area contributed by atoms with Gasteiger partial charge in [0, 0.05) is 29.2 Å². The number of carbonyl (C=O) groups is 2. The predicted octanol–water partition coefficient (Wildman–Crippen LogP) is 4.80. The molecule has 0 aliphatic carbocycles. The van der Waals surface area contributed by atoms with Gasteiger partial charge in [-0.1, -0.05) is 6.07 Å². The summed E-state index contributed by atoms with van der Waals surface area (Å²) in [6, 6.07) is 11.7. The van der Waals surface area contributed by atoms with Crippen molar-refractivity contribution in [3.63, 3.8) is 0 Å². The summed E-state index contributed by atoms with van der Waals surface area (Å²) in [4.78, 5) is 36.0. The summed E-state index contributed by atoms with van der Waals surface area (Å²) in [6.45, 7) is 1.95.